The summed E-state index contributed by atoms with van der Waals surface area (Å²) in [5.41, 5.74) is 0.812. The number of nitrogens with one attached hydrogen (secondary N) is 1. The van der Waals surface area contributed by atoms with E-state index in [0.717, 1.165) is 25.9 Å². The van der Waals surface area contributed by atoms with Gasteiger partial charge in [-0.25, -0.2) is 12.8 Å². The monoisotopic (exact) mass is 407 g/mol. The Balaban J connectivity index is 1.90. The molecule has 150 valence electrons. The van der Waals surface area contributed by atoms with Gasteiger partial charge < -0.3 is 10.2 Å². The van der Waals surface area contributed by atoms with Gasteiger partial charge in [-0.1, -0.05) is 16.6 Å². The number of benzene rings is 2. The first kappa shape index (κ1) is 20.2. The highest BCUT2D eigenvalue weighted by Crippen LogP contribution is 2.31. The highest BCUT2D eigenvalue weighted by Gasteiger charge is 2.23. The first-order chi connectivity index (χ1) is 13.3. The standard InChI is InChI=1S/C19H22FN3O4S/c1-22(27-2)28(25,26)15-8-5-7-14(13-15)19(24)21-18-16(20)9-6-10-17(18)23-11-3-4-12-23/h5-10,13H,3-4,11-12H2,1-2H3,(H,21,24). The van der Waals surface area contributed by atoms with Crippen molar-refractivity contribution < 1.29 is 22.4 Å². The molecule has 0 radical (unpaired) electrons. The quantitative estimate of drug-likeness (QED) is 0.745. The molecule has 0 unspecified atom stereocenters. The van der Waals surface area contributed by atoms with Crippen LogP contribution in [0.4, 0.5) is 15.8 Å². The molecule has 0 aromatic heterocycles. The maximum Gasteiger partial charge on any atom is 0.264 e. The molecular weight excluding hydrogens is 385 g/mol. The molecule has 7 nitrogen and oxygen atoms in total. The van der Waals surface area contributed by atoms with Crippen molar-refractivity contribution >= 4 is 27.3 Å². The molecule has 1 aliphatic heterocycles. The average Bonchev–Trinajstić information content (AvgIpc) is 3.23. The highest BCUT2D eigenvalue weighted by atomic mass is 32.2. The van der Waals surface area contributed by atoms with E-state index in [-0.39, 0.29) is 16.1 Å². The van der Waals surface area contributed by atoms with Crippen LogP contribution in [0.25, 0.3) is 0 Å². The van der Waals surface area contributed by atoms with E-state index in [1.807, 2.05) is 4.90 Å². The number of sulfonamides is 1. The Kier molecular flexibility index (Phi) is 5.97. The Bertz CT molecular complexity index is 975. The van der Waals surface area contributed by atoms with E-state index in [4.69, 9.17) is 4.84 Å². The molecular formula is C19H22FN3O4S. The Morgan fingerprint density at radius 1 is 1.18 bits per heavy atom. The number of halogens is 1. The van der Waals surface area contributed by atoms with E-state index in [9.17, 15) is 17.6 Å². The van der Waals surface area contributed by atoms with Crippen LogP contribution >= 0.6 is 0 Å². The second kappa shape index (κ2) is 8.26. The van der Waals surface area contributed by atoms with Crippen LogP contribution in [0.2, 0.25) is 0 Å². The topological polar surface area (TPSA) is 78.9 Å². The van der Waals surface area contributed by atoms with Crippen molar-refractivity contribution in [3.63, 3.8) is 0 Å². The van der Waals surface area contributed by atoms with Crippen LogP contribution < -0.4 is 10.2 Å². The van der Waals surface area contributed by atoms with Gasteiger partial charge in [0.05, 0.1) is 17.7 Å². The highest BCUT2D eigenvalue weighted by molar-refractivity contribution is 7.89. The summed E-state index contributed by atoms with van der Waals surface area (Å²) in [6, 6.07) is 10.2. The molecule has 1 N–H and O–H groups in total. The molecule has 0 aliphatic carbocycles. The van der Waals surface area contributed by atoms with E-state index >= 15 is 0 Å². The Labute approximate surface area is 163 Å². The van der Waals surface area contributed by atoms with Gasteiger partial charge in [-0.3, -0.25) is 9.63 Å². The molecule has 1 saturated heterocycles. The van der Waals surface area contributed by atoms with Crippen LogP contribution in [0.3, 0.4) is 0 Å². The zero-order valence-electron chi connectivity index (χ0n) is 15.7. The van der Waals surface area contributed by atoms with Crippen LogP contribution in [0.1, 0.15) is 23.2 Å². The summed E-state index contributed by atoms with van der Waals surface area (Å²) >= 11 is 0. The molecule has 0 spiro atoms. The Morgan fingerprint density at radius 3 is 2.54 bits per heavy atom. The zero-order chi connectivity index (χ0) is 20.3. The second-order valence-corrected chi connectivity index (χ2v) is 8.34. The molecule has 0 atom stereocenters. The van der Waals surface area contributed by atoms with Gasteiger partial charge in [0, 0.05) is 25.7 Å². The lowest BCUT2D eigenvalue weighted by Gasteiger charge is -2.22. The second-order valence-electron chi connectivity index (χ2n) is 6.41. The first-order valence-corrected chi connectivity index (χ1v) is 10.3. The zero-order valence-corrected chi connectivity index (χ0v) is 16.5. The van der Waals surface area contributed by atoms with Gasteiger partial charge >= 0.3 is 0 Å². The molecule has 2 aromatic rings. The average molecular weight is 407 g/mol. The van der Waals surface area contributed by atoms with Gasteiger partial charge in [0.15, 0.2) is 0 Å². The third-order valence-corrected chi connectivity index (χ3v) is 6.34. The predicted octanol–water partition coefficient (Wildman–Crippen LogP) is 2.86. The fraction of sp³-hybridized carbons (Fsp3) is 0.316. The Morgan fingerprint density at radius 2 is 1.86 bits per heavy atom. The summed E-state index contributed by atoms with van der Waals surface area (Å²) in [7, 11) is -1.42. The molecule has 9 heteroatoms. The smallest absolute Gasteiger partial charge is 0.264 e. The largest absolute Gasteiger partial charge is 0.370 e. The van der Waals surface area contributed by atoms with Gasteiger partial charge in [0.2, 0.25) is 0 Å². The lowest BCUT2D eigenvalue weighted by atomic mass is 10.2. The van der Waals surface area contributed by atoms with Gasteiger partial charge in [-0.15, -0.1) is 0 Å². The lowest BCUT2D eigenvalue weighted by Crippen LogP contribution is -2.26. The number of hydrogen-bond donors (Lipinski definition) is 1. The van der Waals surface area contributed by atoms with Crippen molar-refractivity contribution in [1.29, 1.82) is 0 Å². The molecule has 0 saturated carbocycles. The normalized spacial score (nSPS) is 14.5. The molecule has 1 amide bonds. The van der Waals surface area contributed by atoms with Crippen molar-refractivity contribution in [2.24, 2.45) is 0 Å². The minimum atomic E-state index is -3.90. The SMILES string of the molecule is CON(C)S(=O)(=O)c1cccc(C(=O)Nc2c(F)cccc2N2CCCC2)c1. The van der Waals surface area contributed by atoms with Crippen LogP contribution in [0.15, 0.2) is 47.4 Å². The van der Waals surface area contributed by atoms with Crippen LogP contribution in [0, 0.1) is 5.82 Å². The molecule has 28 heavy (non-hydrogen) atoms. The van der Waals surface area contributed by atoms with Crippen molar-refractivity contribution in [3.05, 3.63) is 53.8 Å². The number of amides is 1. The predicted molar refractivity (Wildman–Crippen MR) is 104 cm³/mol. The maximum absolute atomic E-state index is 14.4. The number of hydroxylamine groups is 1. The van der Waals surface area contributed by atoms with Crippen molar-refractivity contribution in [2.45, 2.75) is 17.7 Å². The van der Waals surface area contributed by atoms with Crippen molar-refractivity contribution in [1.82, 2.24) is 4.47 Å². The van der Waals surface area contributed by atoms with Crippen LogP contribution in [-0.2, 0) is 14.9 Å². The number of hydrogen-bond acceptors (Lipinski definition) is 5. The Hall–Kier alpha value is -2.49. The van der Waals surface area contributed by atoms with Gasteiger partial charge in [-0.2, -0.15) is 0 Å². The number of rotatable bonds is 6. The van der Waals surface area contributed by atoms with E-state index in [0.29, 0.717) is 10.2 Å². The summed E-state index contributed by atoms with van der Waals surface area (Å²) in [6.45, 7) is 1.59. The van der Waals surface area contributed by atoms with E-state index in [2.05, 4.69) is 5.32 Å². The van der Waals surface area contributed by atoms with Crippen molar-refractivity contribution in [3.8, 4) is 0 Å². The van der Waals surface area contributed by atoms with Gasteiger partial charge in [-0.05, 0) is 43.2 Å². The first-order valence-electron chi connectivity index (χ1n) is 8.82. The third-order valence-electron chi connectivity index (χ3n) is 4.67. The van der Waals surface area contributed by atoms with Gasteiger partial charge in [0.25, 0.3) is 15.9 Å². The number of anilines is 2. The molecule has 0 bridgehead atoms. The van der Waals surface area contributed by atoms with E-state index < -0.39 is 21.7 Å². The lowest BCUT2D eigenvalue weighted by molar-refractivity contribution is -0.0258. The molecule has 1 fully saturated rings. The minimum absolute atomic E-state index is 0.0941. The number of nitrogens with zero attached hydrogens (tertiary/aromatic N) is 2. The van der Waals surface area contributed by atoms with E-state index in [1.165, 1.54) is 44.5 Å². The summed E-state index contributed by atoms with van der Waals surface area (Å²) in [4.78, 5) is 19.4. The molecule has 1 aliphatic rings. The molecule has 2 aromatic carbocycles. The molecule has 3 rings (SSSR count). The molecule has 1 heterocycles. The minimum Gasteiger partial charge on any atom is -0.370 e. The number of carbonyl (C=O) groups is 1. The fourth-order valence-corrected chi connectivity index (χ4v) is 4.11. The third kappa shape index (κ3) is 4.01. The van der Waals surface area contributed by atoms with Crippen LogP contribution in [-0.4, -0.2) is 46.0 Å². The fourth-order valence-electron chi connectivity index (χ4n) is 3.09. The summed E-state index contributed by atoms with van der Waals surface area (Å²) in [5, 5.41) is 2.60. The van der Waals surface area contributed by atoms with E-state index in [1.54, 1.807) is 12.1 Å². The summed E-state index contributed by atoms with van der Waals surface area (Å²) < 4.78 is 39.9. The summed E-state index contributed by atoms with van der Waals surface area (Å²) in [5.74, 6) is -1.14. The number of para-hydroxylation sites is 1. The maximum atomic E-state index is 14.4. The number of carbonyl (C=O) groups excluding carboxylic acids is 1. The summed E-state index contributed by atoms with van der Waals surface area (Å²) in [6.07, 6.45) is 2.02. The van der Waals surface area contributed by atoms with Crippen molar-refractivity contribution in [2.75, 3.05) is 37.5 Å². The van der Waals surface area contributed by atoms with Gasteiger partial charge in [0.1, 0.15) is 11.5 Å². The van der Waals surface area contributed by atoms with Crippen LogP contribution in [0.5, 0.6) is 0 Å².